The molecule has 8 heteroatoms. The summed E-state index contributed by atoms with van der Waals surface area (Å²) in [5.41, 5.74) is 1.76. The maximum atomic E-state index is 13.5. The van der Waals surface area contributed by atoms with Gasteiger partial charge in [-0.25, -0.2) is 4.98 Å². The first-order chi connectivity index (χ1) is 15.2. The maximum absolute atomic E-state index is 13.5. The SMILES string of the molecule is N#CCCOc1ccc2nc(SCc3ccccn3)n(-c3ccccc3Cl)c(=O)c2c1. The van der Waals surface area contributed by atoms with E-state index in [0.717, 1.165) is 5.69 Å². The van der Waals surface area contributed by atoms with E-state index in [1.807, 2.05) is 36.4 Å². The molecule has 6 nitrogen and oxygen atoms in total. The standard InChI is InChI=1S/C23H17ClN4O2S/c24-19-7-1-2-8-21(19)28-22(29)18-14-17(30-13-5-11-25)9-10-20(18)27-23(28)31-15-16-6-3-4-12-26-16/h1-4,6-10,12,14H,5,13,15H2. The molecule has 0 spiro atoms. The van der Waals surface area contributed by atoms with Crippen LogP contribution in [0.15, 0.2) is 76.8 Å². The Morgan fingerprint density at radius 1 is 1.13 bits per heavy atom. The number of ether oxygens (including phenoxy) is 1. The third-order valence-electron chi connectivity index (χ3n) is 4.46. The van der Waals surface area contributed by atoms with Crippen molar-refractivity contribution in [2.24, 2.45) is 0 Å². The molecule has 0 atom stereocenters. The van der Waals surface area contributed by atoms with Crippen molar-refractivity contribution in [1.29, 1.82) is 5.26 Å². The second kappa shape index (κ2) is 9.65. The van der Waals surface area contributed by atoms with Crippen molar-refractivity contribution in [3.8, 4) is 17.5 Å². The normalized spacial score (nSPS) is 10.7. The van der Waals surface area contributed by atoms with E-state index < -0.39 is 0 Å². The summed E-state index contributed by atoms with van der Waals surface area (Å²) >= 11 is 7.84. The second-order valence-electron chi connectivity index (χ2n) is 6.53. The number of para-hydroxylation sites is 1. The van der Waals surface area contributed by atoms with Crippen LogP contribution in [-0.4, -0.2) is 21.1 Å². The minimum absolute atomic E-state index is 0.243. The van der Waals surface area contributed by atoms with Gasteiger partial charge in [0.25, 0.3) is 5.56 Å². The Labute approximate surface area is 188 Å². The Kier molecular flexibility index (Phi) is 6.51. The lowest BCUT2D eigenvalue weighted by molar-refractivity contribution is 0.327. The number of pyridine rings is 1. The van der Waals surface area contributed by atoms with E-state index in [9.17, 15) is 4.79 Å². The number of fused-ring (bicyclic) bond motifs is 1. The van der Waals surface area contributed by atoms with Gasteiger partial charge < -0.3 is 4.74 Å². The Bertz CT molecular complexity index is 1320. The second-order valence-corrected chi connectivity index (χ2v) is 7.88. The summed E-state index contributed by atoms with van der Waals surface area (Å²) in [6.45, 7) is 0.256. The molecule has 0 aliphatic carbocycles. The van der Waals surface area contributed by atoms with Gasteiger partial charge in [-0.3, -0.25) is 14.3 Å². The van der Waals surface area contributed by atoms with Crippen LogP contribution in [-0.2, 0) is 5.75 Å². The summed E-state index contributed by atoms with van der Waals surface area (Å²) in [6.07, 6.45) is 2.00. The van der Waals surface area contributed by atoms with Crippen LogP contribution in [0.3, 0.4) is 0 Å². The summed E-state index contributed by atoms with van der Waals surface area (Å²) < 4.78 is 7.10. The smallest absolute Gasteiger partial charge is 0.266 e. The fourth-order valence-electron chi connectivity index (χ4n) is 3.01. The monoisotopic (exact) mass is 448 g/mol. The van der Waals surface area contributed by atoms with Gasteiger partial charge in [-0.15, -0.1) is 0 Å². The minimum Gasteiger partial charge on any atom is -0.492 e. The van der Waals surface area contributed by atoms with Gasteiger partial charge in [0.2, 0.25) is 0 Å². The van der Waals surface area contributed by atoms with Gasteiger partial charge in [0.1, 0.15) is 12.4 Å². The van der Waals surface area contributed by atoms with E-state index in [2.05, 4.69) is 4.98 Å². The average molecular weight is 449 g/mol. The lowest BCUT2D eigenvalue weighted by Crippen LogP contribution is -2.22. The first kappa shape index (κ1) is 20.9. The van der Waals surface area contributed by atoms with Crippen LogP contribution < -0.4 is 10.3 Å². The molecular formula is C23H17ClN4O2S. The van der Waals surface area contributed by atoms with Gasteiger partial charge in [0.05, 0.1) is 39.8 Å². The highest BCUT2D eigenvalue weighted by molar-refractivity contribution is 7.98. The van der Waals surface area contributed by atoms with E-state index >= 15 is 0 Å². The van der Waals surface area contributed by atoms with Gasteiger partial charge in [0.15, 0.2) is 5.16 Å². The van der Waals surface area contributed by atoms with E-state index in [4.69, 9.17) is 26.6 Å². The fourth-order valence-corrected chi connectivity index (χ4v) is 4.15. The quantitative estimate of drug-likeness (QED) is 0.224. The highest BCUT2D eigenvalue weighted by Crippen LogP contribution is 2.28. The minimum atomic E-state index is -0.243. The van der Waals surface area contributed by atoms with E-state index in [-0.39, 0.29) is 18.6 Å². The third-order valence-corrected chi connectivity index (χ3v) is 5.75. The van der Waals surface area contributed by atoms with Crippen LogP contribution >= 0.6 is 23.4 Å². The summed E-state index contributed by atoms with van der Waals surface area (Å²) in [5.74, 6) is 1.07. The molecule has 154 valence electrons. The lowest BCUT2D eigenvalue weighted by Gasteiger charge is -2.15. The Balaban J connectivity index is 1.82. The van der Waals surface area contributed by atoms with Crippen LogP contribution in [0.1, 0.15) is 12.1 Å². The summed E-state index contributed by atoms with van der Waals surface area (Å²) in [4.78, 5) is 22.6. The lowest BCUT2D eigenvalue weighted by atomic mass is 10.2. The van der Waals surface area contributed by atoms with Gasteiger partial charge in [-0.05, 0) is 42.5 Å². The van der Waals surface area contributed by atoms with Gasteiger partial charge in [-0.2, -0.15) is 5.26 Å². The highest BCUT2D eigenvalue weighted by Gasteiger charge is 2.16. The van der Waals surface area contributed by atoms with Crippen LogP contribution in [0.4, 0.5) is 0 Å². The zero-order chi connectivity index (χ0) is 21.6. The van der Waals surface area contributed by atoms with Crippen molar-refractivity contribution in [3.63, 3.8) is 0 Å². The van der Waals surface area contributed by atoms with Crippen LogP contribution in [0.25, 0.3) is 16.6 Å². The van der Waals surface area contributed by atoms with E-state index in [1.54, 1.807) is 36.5 Å². The summed E-state index contributed by atoms with van der Waals surface area (Å²) in [7, 11) is 0. The third kappa shape index (κ3) is 4.71. The average Bonchev–Trinajstić information content (AvgIpc) is 2.80. The molecule has 2 aromatic heterocycles. The molecule has 0 N–H and O–H groups in total. The molecule has 4 aromatic rings. The molecule has 4 rings (SSSR count). The largest absolute Gasteiger partial charge is 0.492 e. The number of hydrogen-bond acceptors (Lipinski definition) is 6. The molecule has 2 aromatic carbocycles. The number of rotatable bonds is 7. The number of halogens is 1. The molecule has 0 saturated carbocycles. The van der Waals surface area contributed by atoms with Crippen molar-refractivity contribution in [1.82, 2.24) is 14.5 Å². The van der Waals surface area contributed by atoms with Crippen molar-refractivity contribution >= 4 is 34.3 Å². The maximum Gasteiger partial charge on any atom is 0.266 e. The number of thioether (sulfide) groups is 1. The van der Waals surface area contributed by atoms with Crippen LogP contribution in [0.5, 0.6) is 5.75 Å². The summed E-state index contributed by atoms with van der Waals surface area (Å²) in [6, 6.07) is 20.1. The molecule has 0 aliphatic heterocycles. The van der Waals surface area contributed by atoms with Crippen molar-refractivity contribution < 1.29 is 4.74 Å². The molecule has 0 saturated heterocycles. The van der Waals surface area contributed by atoms with Crippen molar-refractivity contribution in [3.05, 3.63) is 87.9 Å². The van der Waals surface area contributed by atoms with Crippen molar-refractivity contribution in [2.75, 3.05) is 6.61 Å². The van der Waals surface area contributed by atoms with Gasteiger partial charge in [0, 0.05) is 11.9 Å². The van der Waals surface area contributed by atoms with Crippen LogP contribution in [0, 0.1) is 11.3 Å². The van der Waals surface area contributed by atoms with E-state index in [1.165, 1.54) is 16.3 Å². The Morgan fingerprint density at radius 2 is 1.97 bits per heavy atom. The molecule has 0 radical (unpaired) electrons. The summed E-state index contributed by atoms with van der Waals surface area (Å²) in [5, 5.41) is 10.1. The predicted octanol–water partition coefficient (Wildman–Crippen LogP) is 5.02. The first-order valence-electron chi connectivity index (χ1n) is 9.51. The molecule has 31 heavy (non-hydrogen) atoms. The molecule has 0 amide bonds. The molecule has 0 fully saturated rings. The molecule has 2 heterocycles. The number of nitrogens with zero attached hydrogens (tertiary/aromatic N) is 4. The number of aromatic nitrogens is 3. The number of benzene rings is 2. The van der Waals surface area contributed by atoms with E-state index in [0.29, 0.717) is 38.3 Å². The first-order valence-corrected chi connectivity index (χ1v) is 10.9. The Morgan fingerprint density at radius 3 is 2.74 bits per heavy atom. The number of nitriles is 1. The topological polar surface area (TPSA) is 80.8 Å². The van der Waals surface area contributed by atoms with Crippen LogP contribution in [0.2, 0.25) is 5.02 Å². The van der Waals surface area contributed by atoms with Crippen molar-refractivity contribution in [2.45, 2.75) is 17.3 Å². The number of hydrogen-bond donors (Lipinski definition) is 0. The highest BCUT2D eigenvalue weighted by atomic mass is 35.5. The predicted molar refractivity (Wildman–Crippen MR) is 122 cm³/mol. The molecule has 0 bridgehead atoms. The molecular weight excluding hydrogens is 432 g/mol. The van der Waals surface area contributed by atoms with Gasteiger partial charge >= 0.3 is 0 Å². The fraction of sp³-hybridized carbons (Fsp3) is 0.130. The zero-order valence-electron chi connectivity index (χ0n) is 16.4. The zero-order valence-corrected chi connectivity index (χ0v) is 17.9. The molecule has 0 unspecified atom stereocenters. The van der Waals surface area contributed by atoms with Gasteiger partial charge in [-0.1, -0.05) is 41.6 Å². The molecule has 0 aliphatic rings. The Hall–Kier alpha value is -3.34.